The largest absolute Gasteiger partial charge is 0.308 e. The average molecular weight is 570 g/mol. The molecular formula is C40H19N5. The van der Waals surface area contributed by atoms with Crippen molar-refractivity contribution < 1.29 is 0 Å². The number of nitriles is 2. The smallest absolute Gasteiger partial charge is 0.213 e. The minimum atomic E-state index is -0.0836. The Balaban J connectivity index is 1.72. The van der Waals surface area contributed by atoms with E-state index in [0.29, 0.717) is 10.8 Å². The summed E-state index contributed by atoms with van der Waals surface area (Å²) in [7, 11) is 0. The van der Waals surface area contributed by atoms with Gasteiger partial charge in [0.2, 0.25) is 11.4 Å². The summed E-state index contributed by atoms with van der Waals surface area (Å²) in [5, 5.41) is 26.7. The highest BCUT2D eigenvalue weighted by molar-refractivity contribution is 6.23. The number of hydrogen-bond donors (Lipinski definition) is 0. The highest BCUT2D eigenvalue weighted by Crippen LogP contribution is 2.46. The molecule has 0 aliphatic carbocycles. The van der Waals surface area contributed by atoms with Gasteiger partial charge in [0.05, 0.1) is 53.1 Å². The van der Waals surface area contributed by atoms with Gasteiger partial charge >= 0.3 is 0 Å². The molecule has 0 aliphatic rings. The maximum Gasteiger partial charge on any atom is 0.213 e. The van der Waals surface area contributed by atoms with Gasteiger partial charge in [-0.05, 0) is 68.4 Å². The van der Waals surface area contributed by atoms with Crippen LogP contribution in [0.2, 0.25) is 0 Å². The molecule has 2 heterocycles. The molecule has 0 atom stereocenters. The van der Waals surface area contributed by atoms with Crippen molar-refractivity contribution in [3.05, 3.63) is 149 Å². The molecule has 0 bridgehead atoms. The van der Waals surface area contributed by atoms with E-state index in [1.54, 1.807) is 0 Å². The normalized spacial score (nSPS) is 11.0. The van der Waals surface area contributed by atoms with Gasteiger partial charge in [0.1, 0.15) is 0 Å². The van der Waals surface area contributed by atoms with Crippen LogP contribution in [0.3, 0.4) is 0 Å². The Morgan fingerprint density at radius 3 is 1.64 bits per heavy atom. The van der Waals surface area contributed by atoms with Gasteiger partial charge < -0.3 is 4.40 Å². The molecular weight excluding hydrogens is 550 g/mol. The summed E-state index contributed by atoms with van der Waals surface area (Å²) in [5.41, 5.74) is 6.07. The molecule has 6 aromatic carbocycles. The summed E-state index contributed by atoms with van der Waals surface area (Å²) in [6.07, 6.45) is 0. The highest BCUT2D eigenvalue weighted by Gasteiger charge is 2.24. The van der Waals surface area contributed by atoms with Crippen molar-refractivity contribution in [2.24, 2.45) is 0 Å². The van der Waals surface area contributed by atoms with E-state index in [1.807, 2.05) is 60.7 Å². The number of aromatic nitrogens is 1. The third kappa shape index (κ3) is 3.63. The van der Waals surface area contributed by atoms with Crippen LogP contribution in [0, 0.1) is 35.8 Å². The van der Waals surface area contributed by atoms with E-state index in [-0.39, 0.29) is 22.5 Å². The SMILES string of the molecule is [C-]#[N+]c1c([N+]#[C-])c(C#N)c2cc3c(cc2c1C#N)c1cc2ccccc2cc1c1c(-c2ccccc2)cc(-c2ccccc2)n31. The summed E-state index contributed by atoms with van der Waals surface area (Å²) < 4.78 is 2.25. The molecule has 5 heteroatoms. The lowest BCUT2D eigenvalue weighted by molar-refractivity contribution is 1.29. The molecule has 0 spiro atoms. The predicted molar refractivity (Wildman–Crippen MR) is 180 cm³/mol. The van der Waals surface area contributed by atoms with E-state index in [0.717, 1.165) is 60.3 Å². The molecule has 204 valence electrons. The molecule has 0 radical (unpaired) electrons. The van der Waals surface area contributed by atoms with Crippen molar-refractivity contribution >= 4 is 60.1 Å². The monoisotopic (exact) mass is 569 g/mol. The van der Waals surface area contributed by atoms with Crippen LogP contribution in [-0.4, -0.2) is 4.40 Å². The van der Waals surface area contributed by atoms with Crippen molar-refractivity contribution in [3.8, 4) is 34.5 Å². The first-order valence-electron chi connectivity index (χ1n) is 14.3. The molecule has 8 rings (SSSR count). The van der Waals surface area contributed by atoms with Crippen molar-refractivity contribution in [1.29, 1.82) is 10.5 Å². The van der Waals surface area contributed by atoms with Gasteiger partial charge in [0.15, 0.2) is 0 Å². The molecule has 0 amide bonds. The lowest BCUT2D eigenvalue weighted by Gasteiger charge is -2.17. The third-order valence-electron chi connectivity index (χ3n) is 8.65. The van der Waals surface area contributed by atoms with Gasteiger partial charge in [-0.15, -0.1) is 0 Å². The van der Waals surface area contributed by atoms with Crippen molar-refractivity contribution in [3.63, 3.8) is 0 Å². The molecule has 0 fully saturated rings. The molecule has 0 saturated carbocycles. The zero-order valence-corrected chi connectivity index (χ0v) is 23.7. The topological polar surface area (TPSA) is 60.7 Å². The van der Waals surface area contributed by atoms with Crippen molar-refractivity contribution in [1.82, 2.24) is 4.40 Å². The quantitative estimate of drug-likeness (QED) is 0.118. The van der Waals surface area contributed by atoms with E-state index in [1.165, 1.54) is 0 Å². The van der Waals surface area contributed by atoms with Crippen LogP contribution in [0.25, 0.3) is 80.8 Å². The summed E-state index contributed by atoms with van der Waals surface area (Å²) in [6, 6.07) is 43.6. The summed E-state index contributed by atoms with van der Waals surface area (Å²) in [4.78, 5) is 7.11. The average Bonchev–Trinajstić information content (AvgIpc) is 3.51. The summed E-state index contributed by atoms with van der Waals surface area (Å²) in [6.45, 7) is 15.6. The zero-order chi connectivity index (χ0) is 30.7. The number of benzene rings is 6. The standard InChI is InChI=1S/C40H19N5/c1-43-38-34(22-41)30-19-32-29-17-26-15-9-10-16-27(26)18-33(29)40-28(24-11-5-3-6-12-24)20-36(25-13-7-4-8-14-25)45(40)37(32)21-31(30)35(23-42)39(38)44-2/h3-21H. The second kappa shape index (κ2) is 9.83. The predicted octanol–water partition coefficient (Wildman–Crippen LogP) is 10.7. The fourth-order valence-electron chi connectivity index (χ4n) is 6.68. The molecule has 8 aromatic rings. The molecule has 0 N–H and O–H groups in total. The van der Waals surface area contributed by atoms with Gasteiger partial charge in [0.25, 0.3) is 0 Å². The lowest BCUT2D eigenvalue weighted by atomic mass is 9.92. The summed E-state index contributed by atoms with van der Waals surface area (Å²) in [5.74, 6) is 0. The number of fused-ring (bicyclic) bond motifs is 8. The number of nitrogens with zero attached hydrogens (tertiary/aromatic N) is 5. The Morgan fingerprint density at radius 2 is 1.07 bits per heavy atom. The second-order valence-electron chi connectivity index (χ2n) is 10.9. The van der Waals surface area contributed by atoms with Crippen molar-refractivity contribution in [2.75, 3.05) is 0 Å². The van der Waals surface area contributed by atoms with E-state index >= 15 is 0 Å². The maximum absolute atomic E-state index is 10.3. The van der Waals surface area contributed by atoms with Crippen LogP contribution in [0.1, 0.15) is 11.1 Å². The van der Waals surface area contributed by atoms with Crippen LogP contribution in [0.4, 0.5) is 11.4 Å². The Labute approximate surface area is 258 Å². The minimum Gasteiger partial charge on any atom is -0.308 e. The maximum atomic E-state index is 10.3. The summed E-state index contributed by atoms with van der Waals surface area (Å²) >= 11 is 0. The lowest BCUT2D eigenvalue weighted by Crippen LogP contribution is -1.96. The van der Waals surface area contributed by atoms with E-state index in [9.17, 15) is 10.5 Å². The molecule has 0 unspecified atom stereocenters. The number of rotatable bonds is 2. The van der Waals surface area contributed by atoms with Gasteiger partial charge in [0, 0.05) is 16.3 Å². The fraction of sp³-hybridized carbons (Fsp3) is 0. The first-order valence-corrected chi connectivity index (χ1v) is 14.3. The molecule has 5 nitrogen and oxygen atoms in total. The number of hydrogen-bond acceptors (Lipinski definition) is 2. The Kier molecular flexibility index (Phi) is 5.63. The highest BCUT2D eigenvalue weighted by atomic mass is 14.9. The van der Waals surface area contributed by atoms with E-state index < -0.39 is 0 Å². The first kappa shape index (κ1) is 25.8. The molecule has 2 aromatic heterocycles. The zero-order valence-electron chi connectivity index (χ0n) is 23.7. The van der Waals surface area contributed by atoms with Crippen molar-refractivity contribution in [2.45, 2.75) is 0 Å². The second-order valence-corrected chi connectivity index (χ2v) is 10.9. The fourth-order valence-corrected chi connectivity index (χ4v) is 6.68. The first-order chi connectivity index (χ1) is 22.2. The Hall–Kier alpha value is -6.92. The molecule has 45 heavy (non-hydrogen) atoms. The number of pyridine rings is 1. The van der Waals surface area contributed by atoms with Gasteiger partial charge in [-0.3, -0.25) is 0 Å². The van der Waals surface area contributed by atoms with E-state index in [2.05, 4.69) is 80.8 Å². The third-order valence-corrected chi connectivity index (χ3v) is 8.65. The Bertz CT molecular complexity index is 2730. The Morgan fingerprint density at radius 1 is 0.533 bits per heavy atom. The van der Waals surface area contributed by atoms with Crippen LogP contribution in [0.15, 0.2) is 115 Å². The minimum absolute atomic E-state index is 0.0796. The van der Waals surface area contributed by atoms with Crippen LogP contribution in [0.5, 0.6) is 0 Å². The van der Waals surface area contributed by atoms with Gasteiger partial charge in [-0.1, -0.05) is 84.9 Å². The van der Waals surface area contributed by atoms with Gasteiger partial charge in [-0.25, -0.2) is 9.69 Å². The molecule has 0 aliphatic heterocycles. The molecule has 0 saturated heterocycles. The van der Waals surface area contributed by atoms with Crippen LogP contribution in [-0.2, 0) is 0 Å². The van der Waals surface area contributed by atoms with E-state index in [4.69, 9.17) is 13.1 Å². The van der Waals surface area contributed by atoms with Crippen LogP contribution >= 0.6 is 0 Å². The van der Waals surface area contributed by atoms with Gasteiger partial charge in [-0.2, -0.15) is 10.5 Å². The van der Waals surface area contributed by atoms with Crippen LogP contribution < -0.4 is 0 Å².